The molecule has 0 bridgehead atoms. The Balaban J connectivity index is 2.51. The Hall–Kier alpha value is -2.22. The van der Waals surface area contributed by atoms with E-state index in [1.54, 1.807) is 0 Å². The van der Waals surface area contributed by atoms with E-state index in [-0.39, 0.29) is 0 Å². The lowest BCUT2D eigenvalue weighted by Gasteiger charge is -2.02. The van der Waals surface area contributed by atoms with Gasteiger partial charge in [-0.2, -0.15) is 4.57 Å². The van der Waals surface area contributed by atoms with Crippen molar-refractivity contribution in [1.82, 2.24) is 4.98 Å². The number of fused-ring (bicyclic) bond motifs is 2. The van der Waals surface area contributed by atoms with Crippen LogP contribution >= 0.6 is 0 Å². The van der Waals surface area contributed by atoms with Crippen molar-refractivity contribution in [3.8, 4) is 0 Å². The molecule has 0 fully saturated rings. The predicted molar refractivity (Wildman–Crippen MR) is 69.6 cm³/mol. The lowest BCUT2D eigenvalue weighted by atomic mass is 10.2. The molecule has 2 aromatic carbocycles. The predicted octanol–water partition coefficient (Wildman–Crippen LogP) is 2.86. The summed E-state index contributed by atoms with van der Waals surface area (Å²) in [6.07, 6.45) is 1.92. The second-order valence-electron chi connectivity index (χ2n) is 3.99. The summed E-state index contributed by atoms with van der Waals surface area (Å²) < 4.78 is 2.24. The summed E-state index contributed by atoms with van der Waals surface area (Å²) in [6.45, 7) is 4.62. The maximum atomic E-state index is 4.67. The van der Waals surface area contributed by atoms with Crippen LogP contribution in [0.25, 0.3) is 22.1 Å². The Labute approximate surface area is 99.8 Å². The molecule has 0 N–H and O–H groups in total. The molecule has 0 unspecified atom stereocenters. The van der Waals surface area contributed by atoms with Gasteiger partial charge in [-0.05, 0) is 18.2 Å². The molecular weight excluding hydrogens is 208 g/mol. The number of nitrogens with zero attached hydrogens (tertiary/aromatic N) is 2. The summed E-state index contributed by atoms with van der Waals surface area (Å²) >= 11 is 0. The highest BCUT2D eigenvalue weighted by molar-refractivity contribution is 5.81. The fraction of sp³-hybridized carbons (Fsp3) is 0.0667. The lowest BCUT2D eigenvalue weighted by molar-refractivity contribution is -0.634. The fourth-order valence-electron chi connectivity index (χ4n) is 2.16. The normalized spacial score (nSPS) is 10.8. The molecule has 1 heterocycles. The van der Waals surface area contributed by atoms with E-state index in [4.69, 9.17) is 0 Å². The quantitative estimate of drug-likeness (QED) is 0.369. The van der Waals surface area contributed by atoms with Crippen LogP contribution in [0, 0.1) is 0 Å². The zero-order valence-corrected chi connectivity index (χ0v) is 9.50. The van der Waals surface area contributed by atoms with Crippen molar-refractivity contribution in [1.29, 1.82) is 0 Å². The van der Waals surface area contributed by atoms with Crippen LogP contribution in [0.1, 0.15) is 0 Å². The van der Waals surface area contributed by atoms with Crippen molar-refractivity contribution in [2.24, 2.45) is 0 Å². The first kappa shape index (κ1) is 9.97. The molecule has 2 nitrogen and oxygen atoms in total. The zero-order chi connectivity index (χ0) is 11.7. The molecule has 0 atom stereocenters. The second kappa shape index (κ2) is 3.98. The highest BCUT2D eigenvalue weighted by Crippen LogP contribution is 2.13. The van der Waals surface area contributed by atoms with Crippen LogP contribution in [0.4, 0.5) is 0 Å². The van der Waals surface area contributed by atoms with Crippen LogP contribution in [0.2, 0.25) is 0 Å². The average molecular weight is 221 g/mol. The second-order valence-corrected chi connectivity index (χ2v) is 3.99. The smallest absolute Gasteiger partial charge is 0.231 e. The number of rotatable bonds is 2. The van der Waals surface area contributed by atoms with Gasteiger partial charge in [0.2, 0.25) is 11.0 Å². The first-order valence-corrected chi connectivity index (χ1v) is 5.68. The summed E-state index contributed by atoms with van der Waals surface area (Å²) in [5, 5.41) is 0. The zero-order valence-electron chi connectivity index (χ0n) is 9.50. The van der Waals surface area contributed by atoms with Gasteiger partial charge in [-0.25, -0.2) is 4.98 Å². The maximum absolute atomic E-state index is 4.67. The minimum Gasteiger partial charge on any atom is -0.235 e. The first-order valence-electron chi connectivity index (χ1n) is 5.68. The van der Waals surface area contributed by atoms with Crippen molar-refractivity contribution in [2.45, 2.75) is 6.54 Å². The van der Waals surface area contributed by atoms with E-state index in [1.807, 2.05) is 42.5 Å². The molecular formula is C15H13N2+. The van der Waals surface area contributed by atoms with Crippen LogP contribution in [-0.2, 0) is 6.54 Å². The number of allylic oxidation sites excluding steroid dienone is 1. The summed E-state index contributed by atoms with van der Waals surface area (Å²) in [4.78, 5) is 4.67. The third kappa shape index (κ3) is 1.58. The number of hydrogen-bond acceptors (Lipinski definition) is 1. The highest BCUT2D eigenvalue weighted by atomic mass is 15.0. The Kier molecular flexibility index (Phi) is 2.33. The van der Waals surface area contributed by atoms with E-state index in [9.17, 15) is 0 Å². The average Bonchev–Trinajstić information content (AvgIpc) is 2.39. The summed E-state index contributed by atoms with van der Waals surface area (Å²) in [7, 11) is 0. The molecule has 3 aromatic rings. The van der Waals surface area contributed by atoms with Gasteiger partial charge in [0.25, 0.3) is 0 Å². The number of benzene rings is 2. The molecule has 0 aliphatic heterocycles. The van der Waals surface area contributed by atoms with E-state index < -0.39 is 0 Å². The molecule has 82 valence electrons. The van der Waals surface area contributed by atoms with Gasteiger partial charge in [0.05, 0.1) is 0 Å². The van der Waals surface area contributed by atoms with Crippen molar-refractivity contribution in [2.75, 3.05) is 0 Å². The van der Waals surface area contributed by atoms with Crippen LogP contribution in [0.15, 0.2) is 61.2 Å². The molecule has 0 saturated carbocycles. The van der Waals surface area contributed by atoms with Gasteiger partial charge in [-0.1, -0.05) is 30.8 Å². The Bertz CT molecular complexity index is 647. The van der Waals surface area contributed by atoms with E-state index in [2.05, 4.69) is 28.3 Å². The minimum absolute atomic E-state index is 0.795. The number of hydrogen-bond donors (Lipinski definition) is 0. The van der Waals surface area contributed by atoms with Crippen LogP contribution < -0.4 is 4.57 Å². The summed E-state index contributed by atoms with van der Waals surface area (Å²) in [5.41, 5.74) is 4.33. The largest absolute Gasteiger partial charge is 0.235 e. The van der Waals surface area contributed by atoms with Gasteiger partial charge >= 0.3 is 0 Å². The molecule has 0 spiro atoms. The van der Waals surface area contributed by atoms with Crippen LogP contribution in [-0.4, -0.2) is 4.98 Å². The Morgan fingerprint density at radius 2 is 1.47 bits per heavy atom. The Morgan fingerprint density at radius 1 is 0.941 bits per heavy atom. The van der Waals surface area contributed by atoms with Crippen molar-refractivity contribution in [3.05, 3.63) is 61.2 Å². The molecule has 2 heteroatoms. The molecule has 0 amide bonds. The Morgan fingerprint density at radius 3 is 2.00 bits per heavy atom. The van der Waals surface area contributed by atoms with Crippen LogP contribution in [0.5, 0.6) is 0 Å². The first-order chi connectivity index (χ1) is 8.40. The van der Waals surface area contributed by atoms with Crippen molar-refractivity contribution < 1.29 is 4.57 Å². The minimum atomic E-state index is 0.795. The standard InChI is InChI=1S/C15H13N2/c1-2-11-17-14-9-5-3-7-12(14)16-13-8-4-6-10-15(13)17/h2-10H,1,11H2/q+1. The highest BCUT2D eigenvalue weighted by Gasteiger charge is 2.13. The van der Waals surface area contributed by atoms with Crippen LogP contribution in [0.3, 0.4) is 0 Å². The van der Waals surface area contributed by atoms with E-state index in [0.717, 1.165) is 28.6 Å². The van der Waals surface area contributed by atoms with E-state index in [0.29, 0.717) is 0 Å². The van der Waals surface area contributed by atoms with Gasteiger partial charge in [-0.3, -0.25) is 0 Å². The van der Waals surface area contributed by atoms with Gasteiger partial charge in [0, 0.05) is 12.1 Å². The molecule has 17 heavy (non-hydrogen) atoms. The number of aromatic nitrogens is 2. The fourth-order valence-corrected chi connectivity index (χ4v) is 2.16. The monoisotopic (exact) mass is 221 g/mol. The number of para-hydroxylation sites is 4. The summed E-state index contributed by atoms with van der Waals surface area (Å²) in [5.74, 6) is 0. The lowest BCUT2D eigenvalue weighted by Crippen LogP contribution is -2.35. The molecule has 0 radical (unpaired) electrons. The van der Waals surface area contributed by atoms with Crippen molar-refractivity contribution in [3.63, 3.8) is 0 Å². The SMILES string of the molecule is C=CC[n+]1c2ccccc2nc2ccccc21. The van der Waals surface area contributed by atoms with Crippen molar-refractivity contribution >= 4 is 22.1 Å². The van der Waals surface area contributed by atoms with Gasteiger partial charge in [0.1, 0.15) is 11.0 Å². The molecule has 0 aliphatic rings. The van der Waals surface area contributed by atoms with E-state index in [1.165, 1.54) is 0 Å². The molecule has 0 saturated heterocycles. The van der Waals surface area contributed by atoms with E-state index >= 15 is 0 Å². The van der Waals surface area contributed by atoms with Gasteiger partial charge in [0.15, 0.2) is 6.54 Å². The molecule has 3 rings (SSSR count). The van der Waals surface area contributed by atoms with Gasteiger partial charge in [-0.15, -0.1) is 0 Å². The summed E-state index contributed by atoms with van der Waals surface area (Å²) in [6, 6.07) is 16.4. The maximum Gasteiger partial charge on any atom is 0.231 e. The topological polar surface area (TPSA) is 16.8 Å². The molecule has 1 aromatic heterocycles. The molecule has 0 aliphatic carbocycles. The third-order valence-corrected chi connectivity index (χ3v) is 2.90. The van der Waals surface area contributed by atoms with Gasteiger partial charge < -0.3 is 0 Å². The third-order valence-electron chi connectivity index (χ3n) is 2.90.